The van der Waals surface area contributed by atoms with Crippen LogP contribution in [-0.4, -0.2) is 87.1 Å². The van der Waals surface area contributed by atoms with Gasteiger partial charge in [0.1, 0.15) is 12.2 Å². The van der Waals surface area contributed by atoms with Crippen molar-refractivity contribution in [1.82, 2.24) is 0 Å². The molecule has 0 amide bonds. The average Bonchev–Trinajstić information content (AvgIpc) is 3.99. The summed E-state index contributed by atoms with van der Waals surface area (Å²) in [5.41, 5.74) is 2.64. The van der Waals surface area contributed by atoms with Gasteiger partial charge >= 0.3 is 24.6 Å². The van der Waals surface area contributed by atoms with E-state index in [0.29, 0.717) is 18.8 Å². The molecule has 4 aliphatic heterocycles. The lowest BCUT2D eigenvalue weighted by molar-refractivity contribution is -0.191. The summed E-state index contributed by atoms with van der Waals surface area (Å²) in [5, 5.41) is 0. The maximum Gasteiger partial charge on any atom is 0.336 e. The first-order valence-corrected chi connectivity index (χ1v) is 25.9. The normalized spacial score (nSPS) is 31.4. The van der Waals surface area contributed by atoms with Gasteiger partial charge < -0.3 is 37.7 Å². The molecule has 0 N–H and O–H groups in total. The van der Waals surface area contributed by atoms with Crippen LogP contribution in [0, 0.1) is 23.7 Å². The number of aryl methyl sites for hydroxylation is 2. The zero-order valence-corrected chi connectivity index (χ0v) is 40.7. The molecule has 2 aliphatic carbocycles. The van der Waals surface area contributed by atoms with Gasteiger partial charge in [0.15, 0.2) is 12.6 Å². The molecule has 6 fully saturated rings. The van der Waals surface area contributed by atoms with E-state index in [4.69, 9.17) is 37.7 Å². The van der Waals surface area contributed by atoms with E-state index in [1.54, 1.807) is 0 Å². The fourth-order valence-electron chi connectivity index (χ4n) is 10.3. The Bertz CT molecular complexity index is 1690. The van der Waals surface area contributed by atoms with Gasteiger partial charge in [0.2, 0.25) is 0 Å². The maximum atomic E-state index is 11.9. The summed E-state index contributed by atoms with van der Waals surface area (Å²) in [4.78, 5) is 23.7. The van der Waals surface area contributed by atoms with Crippen LogP contribution in [0.1, 0.15) is 101 Å². The summed E-state index contributed by atoms with van der Waals surface area (Å²) in [6.07, 6.45) is 19.2. The van der Waals surface area contributed by atoms with Crippen molar-refractivity contribution in [2.45, 2.75) is 152 Å². The molecular formula is C46H68B2O10P4. The van der Waals surface area contributed by atoms with Crippen molar-refractivity contribution in [3.05, 3.63) is 83.9 Å². The van der Waals surface area contributed by atoms with Crippen LogP contribution in [0.25, 0.3) is 0 Å². The molecule has 4 saturated heterocycles. The van der Waals surface area contributed by atoms with Gasteiger partial charge in [0.05, 0.1) is 31.2 Å². The van der Waals surface area contributed by atoms with E-state index in [9.17, 15) is 9.59 Å². The molecule has 4 heterocycles. The van der Waals surface area contributed by atoms with Crippen molar-refractivity contribution >= 4 is 61.1 Å². The van der Waals surface area contributed by atoms with Crippen molar-refractivity contribution in [2.24, 2.45) is 23.7 Å². The second kappa shape index (κ2) is 25.0. The van der Waals surface area contributed by atoms with Gasteiger partial charge in [0, 0.05) is 49.9 Å². The Morgan fingerprint density at radius 1 is 0.661 bits per heavy atom. The van der Waals surface area contributed by atoms with E-state index < -0.39 is 0 Å². The standard InChI is InChI=1S/C23H35BO5P2.C23H33BO5P2/c2*25-22-14-19-18(21(29-24(30)31)15-20(19)28-22)12-11-17(27-23-8-4-5-13-26-23)10-9-16-6-2-1-3-7-16/h1-3,6-7,17-21,23H,4-5,8-15,30-31H2;1-3,6-7,11-12,17-21,23H,4-5,8-10,13-15,30-31H2/b;12-11+/t2*17-,18-,19-,20+,21-,23?/m11/s1. The number of carbonyl (C=O) groups is 2. The minimum absolute atomic E-state index is 0.0154. The Labute approximate surface area is 379 Å². The minimum Gasteiger partial charge on any atom is -0.462 e. The van der Waals surface area contributed by atoms with E-state index in [1.807, 2.05) is 6.07 Å². The van der Waals surface area contributed by atoms with Crippen molar-refractivity contribution in [3.8, 4) is 0 Å². The highest BCUT2D eigenvalue weighted by molar-refractivity contribution is 7.92. The van der Waals surface area contributed by atoms with Gasteiger partial charge in [-0.3, -0.25) is 9.59 Å². The van der Waals surface area contributed by atoms with Crippen molar-refractivity contribution in [1.29, 1.82) is 0 Å². The second-order valence-corrected chi connectivity index (χ2v) is 22.0. The highest BCUT2D eigenvalue weighted by Gasteiger charge is 2.51. The van der Waals surface area contributed by atoms with E-state index in [0.717, 1.165) is 96.7 Å². The summed E-state index contributed by atoms with van der Waals surface area (Å²) in [7, 11) is 10.7. The zero-order valence-electron chi connectivity index (χ0n) is 36.1. The molecule has 0 aromatic heterocycles. The number of hydrogen-bond donors (Lipinski definition) is 0. The number of hydrogen-bond acceptors (Lipinski definition) is 10. The summed E-state index contributed by atoms with van der Waals surface area (Å²) in [6, 6.07) is 21.1. The lowest BCUT2D eigenvalue weighted by Gasteiger charge is -2.30. The molecular weight excluding hydrogens is 858 g/mol. The Balaban J connectivity index is 0.000000186. The highest BCUT2D eigenvalue weighted by atomic mass is 31.1. The quantitative estimate of drug-likeness (QED) is 0.0589. The Morgan fingerprint density at radius 2 is 1.21 bits per heavy atom. The molecule has 0 bridgehead atoms. The van der Waals surface area contributed by atoms with E-state index in [2.05, 4.69) is 103 Å². The van der Waals surface area contributed by atoms with Crippen LogP contribution < -0.4 is 0 Å². The van der Waals surface area contributed by atoms with Gasteiger partial charge in [-0.15, -0.1) is 36.5 Å². The number of esters is 2. The molecule has 10 nitrogen and oxygen atoms in total. The third kappa shape index (κ3) is 14.9. The van der Waals surface area contributed by atoms with Gasteiger partial charge in [0.25, 0.3) is 0 Å². The summed E-state index contributed by atoms with van der Waals surface area (Å²) in [6.45, 7) is 1.56. The average molecular weight is 927 g/mol. The summed E-state index contributed by atoms with van der Waals surface area (Å²) in [5.74, 6) is 0.785. The fraction of sp³-hybridized carbons (Fsp3) is 0.652. The van der Waals surface area contributed by atoms with Crippen LogP contribution >= 0.6 is 36.5 Å². The first-order valence-electron chi connectivity index (χ1n) is 23.2. The van der Waals surface area contributed by atoms with Gasteiger partial charge in [-0.2, -0.15) is 0 Å². The monoisotopic (exact) mass is 926 g/mol. The van der Waals surface area contributed by atoms with Crippen LogP contribution in [0.15, 0.2) is 72.8 Å². The number of benzene rings is 2. The SMILES string of the molecule is O=C1C[C@@H]2[C@@H](/C=C/[C@@H](CCc3ccccc3)OC3CCCCO3)[C@H](OB(P)P)C[C@@H]2O1.O=C1C[C@@H]2[C@@H](CC[C@@H](CCc3ccccc3)OC3CCCCO3)[C@H](OB(P)P)C[C@@H]2O1. The zero-order chi connectivity index (χ0) is 43.3. The number of rotatable bonds is 19. The lowest BCUT2D eigenvalue weighted by atomic mass is 9.86. The van der Waals surface area contributed by atoms with Crippen LogP contribution in [0.3, 0.4) is 0 Å². The minimum atomic E-state index is -0.137. The van der Waals surface area contributed by atoms with Crippen molar-refractivity contribution in [3.63, 3.8) is 0 Å². The number of fused-ring (bicyclic) bond motifs is 2. The first kappa shape index (κ1) is 48.7. The highest BCUT2D eigenvalue weighted by Crippen LogP contribution is 2.46. The van der Waals surface area contributed by atoms with Gasteiger partial charge in [-0.25, -0.2) is 0 Å². The molecule has 16 heteroatoms. The number of ether oxygens (including phenoxy) is 6. The molecule has 2 saturated carbocycles. The molecule has 16 atom stereocenters. The Morgan fingerprint density at radius 3 is 1.81 bits per heavy atom. The molecule has 338 valence electrons. The molecule has 8 rings (SSSR count). The summed E-state index contributed by atoms with van der Waals surface area (Å²) >= 11 is 0. The molecule has 0 radical (unpaired) electrons. The third-order valence-electron chi connectivity index (χ3n) is 13.3. The number of carbonyl (C=O) groups excluding carboxylic acids is 2. The van der Waals surface area contributed by atoms with E-state index in [-0.39, 0.29) is 91.6 Å². The molecule has 62 heavy (non-hydrogen) atoms. The smallest absolute Gasteiger partial charge is 0.336 e. The topological polar surface area (TPSA) is 108 Å². The predicted octanol–water partition coefficient (Wildman–Crippen LogP) is 8.54. The van der Waals surface area contributed by atoms with Crippen molar-refractivity contribution in [2.75, 3.05) is 13.2 Å². The van der Waals surface area contributed by atoms with Crippen LogP contribution in [0.2, 0.25) is 0 Å². The lowest BCUT2D eigenvalue weighted by Crippen LogP contribution is -2.30. The van der Waals surface area contributed by atoms with Crippen LogP contribution in [-0.2, 0) is 60.2 Å². The predicted molar refractivity (Wildman–Crippen MR) is 257 cm³/mol. The maximum absolute atomic E-state index is 11.9. The molecule has 0 spiro atoms. The fourth-order valence-corrected chi connectivity index (χ4v) is 11.1. The van der Waals surface area contributed by atoms with E-state index >= 15 is 0 Å². The summed E-state index contributed by atoms with van der Waals surface area (Å²) < 4.78 is 48.0. The molecule has 2 aromatic rings. The Hall–Kier alpha value is -1.27. The van der Waals surface area contributed by atoms with Crippen LogP contribution in [0.5, 0.6) is 0 Å². The third-order valence-corrected chi connectivity index (χ3v) is 14.0. The van der Waals surface area contributed by atoms with Gasteiger partial charge in [-0.05, 0) is 94.1 Å². The molecule has 6 aliphatic rings. The van der Waals surface area contributed by atoms with Crippen molar-refractivity contribution < 1.29 is 47.3 Å². The van der Waals surface area contributed by atoms with Gasteiger partial charge in [-0.1, -0.05) is 72.8 Å². The molecule has 2 aromatic carbocycles. The Kier molecular flexibility index (Phi) is 19.6. The van der Waals surface area contributed by atoms with Crippen LogP contribution in [0.4, 0.5) is 0 Å². The largest absolute Gasteiger partial charge is 0.462 e. The van der Waals surface area contributed by atoms with E-state index in [1.165, 1.54) is 17.5 Å². The molecule has 6 unspecified atom stereocenters. The second-order valence-electron chi connectivity index (χ2n) is 17.8. The first-order chi connectivity index (χ1) is 30.2.